The average molecular weight is 229 g/mol. The summed E-state index contributed by atoms with van der Waals surface area (Å²) in [5, 5.41) is 0. The SMILES string of the molecule is [B]c1ccccc1CCCN(C(C)C)C(C)C. The fourth-order valence-corrected chi connectivity index (χ4v) is 2.33. The molecule has 0 bridgehead atoms. The molecule has 0 saturated carbocycles. The standard InChI is InChI=1S/C15H24BN/c1-12(2)17(13(3)4)11-7-9-14-8-5-6-10-15(14)16/h5-6,8,10,12-13H,7,9,11H2,1-4H3. The molecule has 0 amide bonds. The molecule has 0 aliphatic carbocycles. The molecule has 0 N–H and O–H groups in total. The zero-order chi connectivity index (χ0) is 12.8. The van der Waals surface area contributed by atoms with E-state index >= 15 is 0 Å². The molecule has 0 aliphatic heterocycles. The number of nitrogens with zero attached hydrogens (tertiary/aromatic N) is 1. The van der Waals surface area contributed by atoms with Gasteiger partial charge in [0.25, 0.3) is 0 Å². The van der Waals surface area contributed by atoms with E-state index in [1.807, 2.05) is 12.1 Å². The zero-order valence-electron chi connectivity index (χ0n) is 11.6. The molecule has 0 spiro atoms. The molecule has 92 valence electrons. The van der Waals surface area contributed by atoms with E-state index in [0.29, 0.717) is 12.1 Å². The number of rotatable bonds is 6. The molecule has 0 atom stereocenters. The lowest BCUT2D eigenvalue weighted by molar-refractivity contribution is 0.173. The van der Waals surface area contributed by atoms with Gasteiger partial charge in [-0.05, 0) is 47.1 Å². The Balaban J connectivity index is 2.44. The molecule has 1 rings (SSSR count). The van der Waals surface area contributed by atoms with Gasteiger partial charge in [0.05, 0.1) is 0 Å². The highest BCUT2D eigenvalue weighted by atomic mass is 15.2. The Morgan fingerprint density at radius 1 is 1.06 bits per heavy atom. The summed E-state index contributed by atoms with van der Waals surface area (Å²) in [4.78, 5) is 2.53. The molecule has 0 aromatic heterocycles. The molecule has 0 unspecified atom stereocenters. The summed E-state index contributed by atoms with van der Waals surface area (Å²) in [7, 11) is 5.94. The number of hydrogen-bond donors (Lipinski definition) is 0. The Kier molecular flexibility index (Phi) is 5.77. The van der Waals surface area contributed by atoms with Crippen LogP contribution in [0.2, 0.25) is 0 Å². The van der Waals surface area contributed by atoms with Gasteiger partial charge in [0.15, 0.2) is 0 Å². The van der Waals surface area contributed by atoms with Crippen molar-refractivity contribution in [2.24, 2.45) is 0 Å². The van der Waals surface area contributed by atoms with Gasteiger partial charge >= 0.3 is 0 Å². The van der Waals surface area contributed by atoms with Crippen LogP contribution < -0.4 is 5.46 Å². The molecule has 1 nitrogen and oxygen atoms in total. The van der Waals surface area contributed by atoms with Crippen molar-refractivity contribution >= 4 is 13.3 Å². The number of benzene rings is 1. The van der Waals surface area contributed by atoms with E-state index in [0.717, 1.165) is 18.4 Å². The molecule has 0 fully saturated rings. The molecule has 0 heterocycles. The Labute approximate surface area is 108 Å². The molecule has 1 aromatic rings. The molecule has 0 saturated heterocycles. The van der Waals surface area contributed by atoms with Crippen LogP contribution in [0.15, 0.2) is 24.3 Å². The highest BCUT2D eigenvalue weighted by Crippen LogP contribution is 2.08. The second kappa shape index (κ2) is 6.85. The van der Waals surface area contributed by atoms with Crippen molar-refractivity contribution in [2.45, 2.75) is 52.6 Å². The first kappa shape index (κ1) is 14.3. The second-order valence-electron chi connectivity index (χ2n) is 5.23. The Hall–Kier alpha value is -0.755. The third-order valence-corrected chi connectivity index (χ3v) is 3.24. The van der Waals surface area contributed by atoms with Crippen LogP contribution in [0.1, 0.15) is 39.7 Å². The van der Waals surface area contributed by atoms with Gasteiger partial charge in [0.2, 0.25) is 0 Å². The molecule has 17 heavy (non-hydrogen) atoms. The minimum Gasteiger partial charge on any atom is -0.299 e. The maximum absolute atomic E-state index is 5.94. The summed E-state index contributed by atoms with van der Waals surface area (Å²) >= 11 is 0. The zero-order valence-corrected chi connectivity index (χ0v) is 11.6. The second-order valence-corrected chi connectivity index (χ2v) is 5.23. The summed E-state index contributed by atoms with van der Waals surface area (Å²) < 4.78 is 0. The van der Waals surface area contributed by atoms with Crippen LogP contribution >= 0.6 is 0 Å². The Bertz CT molecular complexity index is 325. The molecular weight excluding hydrogens is 205 g/mol. The van der Waals surface area contributed by atoms with E-state index in [9.17, 15) is 0 Å². The summed E-state index contributed by atoms with van der Waals surface area (Å²) in [6.45, 7) is 10.2. The van der Waals surface area contributed by atoms with Crippen molar-refractivity contribution in [1.29, 1.82) is 0 Å². The fourth-order valence-electron chi connectivity index (χ4n) is 2.33. The van der Waals surface area contributed by atoms with Crippen molar-refractivity contribution in [3.05, 3.63) is 29.8 Å². The van der Waals surface area contributed by atoms with Crippen molar-refractivity contribution in [3.8, 4) is 0 Å². The van der Waals surface area contributed by atoms with Gasteiger partial charge in [-0.2, -0.15) is 0 Å². The normalized spacial score (nSPS) is 11.7. The summed E-state index contributed by atoms with van der Waals surface area (Å²) in [6.07, 6.45) is 2.24. The van der Waals surface area contributed by atoms with Crippen molar-refractivity contribution in [1.82, 2.24) is 4.90 Å². The lowest BCUT2D eigenvalue weighted by atomic mass is 9.88. The number of aryl methyl sites for hydroxylation is 1. The number of hydrogen-bond acceptors (Lipinski definition) is 1. The van der Waals surface area contributed by atoms with Gasteiger partial charge in [-0.1, -0.05) is 35.3 Å². The monoisotopic (exact) mass is 229 g/mol. The quantitative estimate of drug-likeness (QED) is 0.677. The van der Waals surface area contributed by atoms with Crippen LogP contribution in [0, 0.1) is 0 Å². The van der Waals surface area contributed by atoms with Gasteiger partial charge in [-0.25, -0.2) is 0 Å². The first-order chi connectivity index (χ1) is 8.02. The van der Waals surface area contributed by atoms with Gasteiger partial charge in [0, 0.05) is 12.1 Å². The first-order valence-electron chi connectivity index (χ1n) is 6.61. The molecule has 0 aliphatic rings. The van der Waals surface area contributed by atoms with Crippen molar-refractivity contribution < 1.29 is 0 Å². The average Bonchev–Trinajstić information content (AvgIpc) is 2.25. The van der Waals surface area contributed by atoms with Crippen LogP contribution in [0.5, 0.6) is 0 Å². The lowest BCUT2D eigenvalue weighted by Gasteiger charge is -2.30. The summed E-state index contributed by atoms with van der Waals surface area (Å²) in [5.41, 5.74) is 2.20. The predicted molar refractivity (Wildman–Crippen MR) is 77.1 cm³/mol. The van der Waals surface area contributed by atoms with Crippen LogP contribution in [0.25, 0.3) is 0 Å². The van der Waals surface area contributed by atoms with Gasteiger partial charge in [-0.15, -0.1) is 0 Å². The Morgan fingerprint density at radius 2 is 1.65 bits per heavy atom. The van der Waals surface area contributed by atoms with Crippen LogP contribution in [0.3, 0.4) is 0 Å². The van der Waals surface area contributed by atoms with E-state index in [4.69, 9.17) is 7.85 Å². The smallest absolute Gasteiger partial charge is 0.114 e. The van der Waals surface area contributed by atoms with Gasteiger partial charge < -0.3 is 0 Å². The summed E-state index contributed by atoms with van der Waals surface area (Å²) in [6, 6.07) is 9.40. The van der Waals surface area contributed by atoms with E-state index in [2.05, 4.69) is 44.7 Å². The molecular formula is C15H24BN. The molecule has 2 radical (unpaired) electrons. The molecule has 2 heteroatoms. The maximum Gasteiger partial charge on any atom is 0.114 e. The van der Waals surface area contributed by atoms with Crippen molar-refractivity contribution in [3.63, 3.8) is 0 Å². The van der Waals surface area contributed by atoms with Crippen LogP contribution in [-0.4, -0.2) is 31.4 Å². The van der Waals surface area contributed by atoms with E-state index < -0.39 is 0 Å². The Morgan fingerprint density at radius 3 is 2.18 bits per heavy atom. The van der Waals surface area contributed by atoms with Gasteiger partial charge in [0.1, 0.15) is 7.85 Å². The minimum atomic E-state index is 0.614. The summed E-state index contributed by atoms with van der Waals surface area (Å²) in [5.74, 6) is 0. The van der Waals surface area contributed by atoms with E-state index in [-0.39, 0.29) is 0 Å². The first-order valence-corrected chi connectivity index (χ1v) is 6.61. The highest BCUT2D eigenvalue weighted by Gasteiger charge is 2.12. The van der Waals surface area contributed by atoms with Gasteiger partial charge in [-0.3, -0.25) is 4.90 Å². The maximum atomic E-state index is 5.94. The fraction of sp³-hybridized carbons (Fsp3) is 0.600. The van der Waals surface area contributed by atoms with E-state index in [1.54, 1.807) is 0 Å². The van der Waals surface area contributed by atoms with Crippen LogP contribution in [0.4, 0.5) is 0 Å². The largest absolute Gasteiger partial charge is 0.299 e. The topological polar surface area (TPSA) is 3.24 Å². The lowest BCUT2D eigenvalue weighted by Crippen LogP contribution is -2.37. The van der Waals surface area contributed by atoms with Crippen molar-refractivity contribution in [2.75, 3.05) is 6.54 Å². The highest BCUT2D eigenvalue weighted by molar-refractivity contribution is 6.33. The minimum absolute atomic E-state index is 0.614. The molecule has 1 aromatic carbocycles. The third kappa shape index (κ3) is 4.55. The third-order valence-electron chi connectivity index (χ3n) is 3.24. The van der Waals surface area contributed by atoms with Crippen LogP contribution in [-0.2, 0) is 6.42 Å². The van der Waals surface area contributed by atoms with E-state index in [1.165, 1.54) is 12.0 Å². The predicted octanol–water partition coefficient (Wildman–Crippen LogP) is 2.53.